The maximum absolute atomic E-state index is 15.1. The average Bonchev–Trinajstić information content (AvgIpc) is 2.80. The quantitative estimate of drug-likeness (QED) is 0.195. The number of halogens is 2. The van der Waals surface area contributed by atoms with Crippen LogP contribution in [0.1, 0.15) is 46.0 Å². The Hall–Kier alpha value is -2.99. The minimum atomic E-state index is -0.539. The van der Waals surface area contributed by atoms with Crippen LogP contribution in [0.4, 0.5) is 4.39 Å². The van der Waals surface area contributed by atoms with Gasteiger partial charge in [-0.2, -0.15) is 0 Å². The second kappa shape index (κ2) is 10.9. The van der Waals surface area contributed by atoms with Gasteiger partial charge >= 0.3 is 0 Å². The highest BCUT2D eigenvalue weighted by molar-refractivity contribution is 9.10. The lowest BCUT2D eigenvalue weighted by molar-refractivity contribution is 0.0982. The van der Waals surface area contributed by atoms with E-state index in [2.05, 4.69) is 21.1 Å². The highest BCUT2D eigenvalue weighted by Crippen LogP contribution is 2.38. The fourth-order valence-electron chi connectivity index (χ4n) is 3.08. The van der Waals surface area contributed by atoms with Crippen molar-refractivity contribution in [2.75, 3.05) is 0 Å². The van der Waals surface area contributed by atoms with E-state index in [1.165, 1.54) is 6.21 Å². The van der Waals surface area contributed by atoms with Gasteiger partial charge in [0.2, 0.25) is 0 Å². The molecule has 0 aliphatic carbocycles. The third-order valence-electron chi connectivity index (χ3n) is 4.76. The molecular formula is C25H23BrFNO3. The molecule has 0 spiro atoms. The second-order valence-electron chi connectivity index (χ2n) is 6.92. The zero-order valence-electron chi connectivity index (χ0n) is 17.4. The van der Waals surface area contributed by atoms with Crippen LogP contribution in [-0.4, -0.2) is 12.0 Å². The fourth-order valence-corrected chi connectivity index (χ4v) is 3.67. The Morgan fingerprint density at radius 3 is 2.19 bits per heavy atom. The van der Waals surface area contributed by atoms with E-state index in [-0.39, 0.29) is 42.1 Å². The molecule has 4 nitrogen and oxygen atoms in total. The van der Waals surface area contributed by atoms with E-state index in [0.717, 1.165) is 11.1 Å². The standard InChI is InChI=1S/C25H23BrFNO3/c1-3-21(29)22-17(2)24(27)20(14-28-31-16-19-12-8-5-9-13-19)23(26)25(22)30-15-18-10-6-4-7-11-18/h4-14H,3,15-16H2,1-2H3. The topological polar surface area (TPSA) is 47.9 Å². The van der Waals surface area contributed by atoms with Crippen LogP contribution in [-0.2, 0) is 18.1 Å². The van der Waals surface area contributed by atoms with Gasteiger partial charge < -0.3 is 9.57 Å². The van der Waals surface area contributed by atoms with Gasteiger partial charge in [0.15, 0.2) is 5.78 Å². The molecule has 0 aliphatic rings. The van der Waals surface area contributed by atoms with E-state index in [0.29, 0.717) is 10.2 Å². The zero-order chi connectivity index (χ0) is 22.2. The van der Waals surface area contributed by atoms with Gasteiger partial charge in [0, 0.05) is 12.0 Å². The van der Waals surface area contributed by atoms with Crippen LogP contribution in [0.5, 0.6) is 5.75 Å². The number of ether oxygens (including phenoxy) is 1. The van der Waals surface area contributed by atoms with Crippen LogP contribution < -0.4 is 4.74 Å². The molecular weight excluding hydrogens is 461 g/mol. The lowest BCUT2D eigenvalue weighted by Gasteiger charge is -2.18. The first-order chi connectivity index (χ1) is 15.0. The highest BCUT2D eigenvalue weighted by atomic mass is 79.9. The third kappa shape index (κ3) is 5.58. The van der Waals surface area contributed by atoms with Crippen LogP contribution in [0.2, 0.25) is 0 Å². The van der Waals surface area contributed by atoms with Crippen LogP contribution >= 0.6 is 15.9 Å². The Balaban J connectivity index is 1.90. The lowest BCUT2D eigenvalue weighted by Crippen LogP contribution is -2.11. The van der Waals surface area contributed by atoms with Gasteiger partial charge in [-0.1, -0.05) is 72.7 Å². The van der Waals surface area contributed by atoms with E-state index in [1.807, 2.05) is 60.7 Å². The van der Waals surface area contributed by atoms with Gasteiger partial charge in [0.05, 0.1) is 21.8 Å². The summed E-state index contributed by atoms with van der Waals surface area (Å²) < 4.78 is 21.4. The van der Waals surface area contributed by atoms with Gasteiger partial charge in [-0.05, 0) is 34.0 Å². The average molecular weight is 484 g/mol. The molecule has 0 unspecified atom stereocenters. The number of rotatable bonds is 9. The van der Waals surface area contributed by atoms with Gasteiger partial charge in [0.25, 0.3) is 0 Å². The number of oxime groups is 1. The SMILES string of the molecule is CCC(=O)c1c(C)c(F)c(C=NOCc2ccccc2)c(Br)c1OCc1ccccc1. The van der Waals surface area contributed by atoms with Crippen molar-refractivity contribution in [1.29, 1.82) is 0 Å². The van der Waals surface area contributed by atoms with Crippen molar-refractivity contribution >= 4 is 27.9 Å². The summed E-state index contributed by atoms with van der Waals surface area (Å²) in [6, 6.07) is 19.1. The summed E-state index contributed by atoms with van der Waals surface area (Å²) in [6.07, 6.45) is 1.53. The summed E-state index contributed by atoms with van der Waals surface area (Å²) in [5.74, 6) is -0.425. The van der Waals surface area contributed by atoms with Gasteiger partial charge in [0.1, 0.15) is 24.8 Å². The first kappa shape index (κ1) is 22.7. The van der Waals surface area contributed by atoms with Crippen LogP contribution in [0.25, 0.3) is 0 Å². The van der Waals surface area contributed by atoms with Crippen molar-refractivity contribution in [2.24, 2.45) is 5.16 Å². The number of carbonyl (C=O) groups excluding carboxylic acids is 1. The first-order valence-corrected chi connectivity index (χ1v) is 10.7. The van der Waals surface area contributed by atoms with Gasteiger partial charge in [-0.15, -0.1) is 0 Å². The predicted octanol–water partition coefficient (Wildman–Crippen LogP) is 6.62. The molecule has 0 atom stereocenters. The number of hydrogen-bond acceptors (Lipinski definition) is 4. The van der Waals surface area contributed by atoms with Crippen molar-refractivity contribution in [3.05, 3.63) is 98.8 Å². The maximum atomic E-state index is 15.1. The molecule has 160 valence electrons. The molecule has 0 amide bonds. The molecule has 0 aromatic heterocycles. The van der Waals surface area contributed by atoms with Crippen molar-refractivity contribution in [3.8, 4) is 5.75 Å². The number of carbonyl (C=O) groups is 1. The minimum Gasteiger partial charge on any atom is -0.487 e. The molecule has 0 fully saturated rings. The second-order valence-corrected chi connectivity index (χ2v) is 7.71. The van der Waals surface area contributed by atoms with Crippen molar-refractivity contribution in [3.63, 3.8) is 0 Å². The normalized spacial score (nSPS) is 11.0. The van der Waals surface area contributed by atoms with E-state index < -0.39 is 5.82 Å². The molecule has 0 aliphatic heterocycles. The van der Waals surface area contributed by atoms with E-state index in [4.69, 9.17) is 9.57 Å². The summed E-state index contributed by atoms with van der Waals surface area (Å²) >= 11 is 3.42. The van der Waals surface area contributed by atoms with Gasteiger partial charge in [-0.25, -0.2) is 4.39 Å². The smallest absolute Gasteiger partial charge is 0.166 e. The summed E-state index contributed by atoms with van der Waals surface area (Å²) in [6.45, 7) is 3.82. The zero-order valence-corrected chi connectivity index (χ0v) is 19.0. The largest absolute Gasteiger partial charge is 0.487 e. The van der Waals surface area contributed by atoms with E-state index in [9.17, 15) is 4.79 Å². The van der Waals surface area contributed by atoms with Crippen LogP contribution in [0.3, 0.4) is 0 Å². The fraction of sp³-hybridized carbons (Fsp3) is 0.200. The van der Waals surface area contributed by atoms with Crippen LogP contribution in [0.15, 0.2) is 70.3 Å². The van der Waals surface area contributed by atoms with Crippen molar-refractivity contribution in [2.45, 2.75) is 33.5 Å². The van der Waals surface area contributed by atoms with Crippen molar-refractivity contribution in [1.82, 2.24) is 0 Å². The lowest BCUT2D eigenvalue weighted by atomic mass is 9.98. The Bertz CT molecular complexity index is 1070. The van der Waals surface area contributed by atoms with Gasteiger partial charge in [-0.3, -0.25) is 4.79 Å². The predicted molar refractivity (Wildman–Crippen MR) is 123 cm³/mol. The molecule has 6 heteroatoms. The minimum absolute atomic E-state index is 0.168. The first-order valence-electron chi connectivity index (χ1n) is 9.93. The third-order valence-corrected chi connectivity index (χ3v) is 5.55. The summed E-state index contributed by atoms with van der Waals surface area (Å²) in [5.41, 5.74) is 2.52. The molecule has 3 aromatic rings. The molecule has 0 saturated carbocycles. The molecule has 0 saturated heterocycles. The number of nitrogens with zero attached hydrogens (tertiary/aromatic N) is 1. The molecule has 3 rings (SSSR count). The number of Topliss-reactive ketones (excluding diaryl/α,β-unsaturated/α-hetero) is 1. The van der Waals surface area contributed by atoms with E-state index >= 15 is 4.39 Å². The monoisotopic (exact) mass is 483 g/mol. The van der Waals surface area contributed by atoms with Crippen molar-refractivity contribution < 1.29 is 18.8 Å². The number of hydrogen-bond donors (Lipinski definition) is 0. The van der Waals surface area contributed by atoms with Crippen LogP contribution in [0, 0.1) is 12.7 Å². The Labute approximate surface area is 189 Å². The Morgan fingerprint density at radius 2 is 1.61 bits per heavy atom. The molecule has 3 aromatic carbocycles. The number of benzene rings is 3. The summed E-state index contributed by atoms with van der Waals surface area (Å²) in [5, 5.41) is 3.92. The summed E-state index contributed by atoms with van der Waals surface area (Å²) in [4.78, 5) is 17.9. The number of ketones is 1. The molecule has 0 radical (unpaired) electrons. The maximum Gasteiger partial charge on any atom is 0.166 e. The Morgan fingerprint density at radius 1 is 1.03 bits per heavy atom. The molecule has 0 bridgehead atoms. The van der Waals surface area contributed by atoms with E-state index in [1.54, 1.807) is 13.8 Å². The molecule has 0 heterocycles. The summed E-state index contributed by atoms with van der Waals surface area (Å²) in [7, 11) is 0. The highest BCUT2D eigenvalue weighted by Gasteiger charge is 2.25. The molecule has 0 N–H and O–H groups in total. The molecule has 31 heavy (non-hydrogen) atoms. The Kier molecular flexibility index (Phi) is 7.95.